The molecule has 0 fully saturated rings. The number of hydrogen-bond donors (Lipinski definition) is 1. The summed E-state index contributed by atoms with van der Waals surface area (Å²) in [6, 6.07) is 5.57. The van der Waals surface area contributed by atoms with Crippen LogP contribution in [0.15, 0.2) is 29.1 Å². The van der Waals surface area contributed by atoms with Gasteiger partial charge < -0.3 is 9.72 Å². The number of aromatic nitrogens is 1. The van der Waals surface area contributed by atoms with Crippen molar-refractivity contribution in [3.05, 3.63) is 40.2 Å². The van der Waals surface area contributed by atoms with Gasteiger partial charge in [-0.15, -0.1) is 0 Å². The van der Waals surface area contributed by atoms with Crippen LogP contribution in [0, 0.1) is 0 Å². The van der Waals surface area contributed by atoms with Crippen LogP contribution in [0.2, 0.25) is 0 Å². The summed E-state index contributed by atoms with van der Waals surface area (Å²) in [6.45, 7) is 0. The smallest absolute Gasteiger partial charge is 0.278 e. The molecule has 0 aliphatic rings. The first-order valence-corrected chi connectivity index (χ1v) is 4.61. The second kappa shape index (κ2) is 3.92. The Morgan fingerprint density at radius 1 is 1.31 bits per heavy atom. The van der Waals surface area contributed by atoms with Gasteiger partial charge in [-0.25, -0.2) is 8.78 Å². The second-order valence-electron chi connectivity index (χ2n) is 3.30. The topological polar surface area (TPSA) is 42.1 Å². The van der Waals surface area contributed by atoms with Crippen molar-refractivity contribution in [3.63, 3.8) is 0 Å². The lowest BCUT2D eigenvalue weighted by Gasteiger charge is -2.04. The molecule has 3 nitrogen and oxygen atoms in total. The van der Waals surface area contributed by atoms with Crippen LogP contribution in [0.25, 0.3) is 10.9 Å². The van der Waals surface area contributed by atoms with E-state index in [4.69, 9.17) is 4.74 Å². The summed E-state index contributed by atoms with van der Waals surface area (Å²) in [5, 5.41) is 0.337. The highest BCUT2D eigenvalue weighted by molar-refractivity contribution is 5.80. The fraction of sp³-hybridized carbons (Fsp3) is 0.182. The molecule has 84 valence electrons. The van der Waals surface area contributed by atoms with Gasteiger partial charge in [-0.1, -0.05) is 0 Å². The van der Waals surface area contributed by atoms with E-state index in [-0.39, 0.29) is 5.69 Å². The van der Waals surface area contributed by atoms with Crippen molar-refractivity contribution >= 4 is 10.9 Å². The molecule has 0 unspecified atom stereocenters. The Balaban J connectivity index is 2.71. The van der Waals surface area contributed by atoms with E-state index in [0.29, 0.717) is 16.7 Å². The Kier molecular flexibility index (Phi) is 2.60. The lowest BCUT2D eigenvalue weighted by Crippen LogP contribution is -2.05. The van der Waals surface area contributed by atoms with Crippen LogP contribution in [-0.4, -0.2) is 12.1 Å². The van der Waals surface area contributed by atoms with Gasteiger partial charge in [0.05, 0.1) is 12.8 Å². The van der Waals surface area contributed by atoms with Crippen molar-refractivity contribution in [2.45, 2.75) is 6.43 Å². The molecule has 0 amide bonds. The Bertz CT molecular complexity index is 578. The van der Waals surface area contributed by atoms with Gasteiger partial charge in [0.25, 0.3) is 6.43 Å². The number of ether oxygens (including phenoxy) is 1. The van der Waals surface area contributed by atoms with E-state index in [1.165, 1.54) is 13.2 Å². The normalized spacial score (nSPS) is 11.0. The summed E-state index contributed by atoms with van der Waals surface area (Å²) in [4.78, 5) is 14.1. The van der Waals surface area contributed by atoms with Gasteiger partial charge in [-0.05, 0) is 18.2 Å². The summed E-state index contributed by atoms with van der Waals surface area (Å²) >= 11 is 0. The number of methoxy groups -OCH3 is 1. The summed E-state index contributed by atoms with van der Waals surface area (Å²) in [7, 11) is 1.48. The summed E-state index contributed by atoms with van der Waals surface area (Å²) in [5.74, 6) is 0.516. The molecule has 1 heterocycles. The standard InChI is InChI=1S/C11H9F2NO2/c1-16-6-2-3-8-7(4-6)10(15)5-9(14-8)11(12)13/h2-5,11H,1H3,(H,14,15). The molecule has 1 aromatic heterocycles. The second-order valence-corrected chi connectivity index (χ2v) is 3.30. The molecule has 0 aliphatic heterocycles. The molecular formula is C11H9F2NO2. The number of halogens is 2. The van der Waals surface area contributed by atoms with E-state index in [1.54, 1.807) is 12.1 Å². The third kappa shape index (κ3) is 1.76. The molecule has 5 heteroatoms. The summed E-state index contributed by atoms with van der Waals surface area (Å²) in [6.07, 6.45) is -2.68. The van der Waals surface area contributed by atoms with E-state index in [9.17, 15) is 13.6 Å². The highest BCUT2D eigenvalue weighted by atomic mass is 19.3. The van der Waals surface area contributed by atoms with E-state index < -0.39 is 11.9 Å². The molecule has 16 heavy (non-hydrogen) atoms. The van der Waals surface area contributed by atoms with E-state index in [0.717, 1.165) is 6.07 Å². The van der Waals surface area contributed by atoms with Gasteiger partial charge in [0.15, 0.2) is 5.43 Å². The molecule has 2 rings (SSSR count). The monoisotopic (exact) mass is 225 g/mol. The maximum absolute atomic E-state index is 12.4. The molecule has 0 radical (unpaired) electrons. The molecule has 1 aromatic carbocycles. The van der Waals surface area contributed by atoms with Crippen molar-refractivity contribution in [3.8, 4) is 5.75 Å². The van der Waals surface area contributed by atoms with Crippen LogP contribution >= 0.6 is 0 Å². The summed E-state index contributed by atoms with van der Waals surface area (Å²) < 4.78 is 29.8. The number of H-pyrrole nitrogens is 1. The number of fused-ring (bicyclic) bond motifs is 1. The minimum Gasteiger partial charge on any atom is -0.497 e. The molecule has 0 spiro atoms. The quantitative estimate of drug-likeness (QED) is 0.853. The maximum atomic E-state index is 12.4. The van der Waals surface area contributed by atoms with Crippen LogP contribution in [-0.2, 0) is 0 Å². The summed E-state index contributed by atoms with van der Waals surface area (Å²) in [5.41, 5.74) is -0.436. The molecule has 0 saturated heterocycles. The van der Waals surface area contributed by atoms with Gasteiger partial charge >= 0.3 is 0 Å². The first kappa shape index (κ1) is 10.6. The third-order valence-electron chi connectivity index (χ3n) is 2.29. The minimum absolute atomic E-state index is 0.337. The Morgan fingerprint density at radius 3 is 2.69 bits per heavy atom. The van der Waals surface area contributed by atoms with Crippen molar-refractivity contribution < 1.29 is 13.5 Å². The molecule has 0 atom stereocenters. The largest absolute Gasteiger partial charge is 0.497 e. The highest BCUT2D eigenvalue weighted by Crippen LogP contribution is 2.20. The number of aromatic amines is 1. The first-order chi connectivity index (χ1) is 7.61. The van der Waals surface area contributed by atoms with Gasteiger partial charge in [0.2, 0.25) is 0 Å². The predicted molar refractivity (Wildman–Crippen MR) is 56.1 cm³/mol. The van der Waals surface area contributed by atoms with E-state index in [1.807, 2.05) is 0 Å². The highest BCUT2D eigenvalue weighted by Gasteiger charge is 2.10. The molecule has 0 aliphatic carbocycles. The van der Waals surface area contributed by atoms with E-state index in [2.05, 4.69) is 4.98 Å². The maximum Gasteiger partial charge on any atom is 0.278 e. The minimum atomic E-state index is -2.68. The average molecular weight is 225 g/mol. The van der Waals surface area contributed by atoms with Gasteiger partial charge in [0.1, 0.15) is 5.75 Å². The fourth-order valence-electron chi connectivity index (χ4n) is 1.49. The van der Waals surface area contributed by atoms with Crippen LogP contribution in [0.5, 0.6) is 5.75 Å². The van der Waals surface area contributed by atoms with Crippen molar-refractivity contribution in [2.24, 2.45) is 0 Å². The molecule has 0 saturated carbocycles. The van der Waals surface area contributed by atoms with E-state index >= 15 is 0 Å². The Hall–Kier alpha value is -1.91. The van der Waals surface area contributed by atoms with Crippen molar-refractivity contribution in [2.75, 3.05) is 7.11 Å². The average Bonchev–Trinajstić information content (AvgIpc) is 2.28. The Morgan fingerprint density at radius 2 is 2.06 bits per heavy atom. The third-order valence-corrected chi connectivity index (χ3v) is 2.29. The number of alkyl halides is 2. The van der Waals surface area contributed by atoms with Crippen LogP contribution in [0.1, 0.15) is 12.1 Å². The molecular weight excluding hydrogens is 216 g/mol. The predicted octanol–water partition coefficient (Wildman–Crippen LogP) is 2.47. The van der Waals surface area contributed by atoms with Gasteiger partial charge in [-0.2, -0.15) is 0 Å². The van der Waals surface area contributed by atoms with Gasteiger partial charge in [-0.3, -0.25) is 4.79 Å². The molecule has 1 N–H and O–H groups in total. The van der Waals surface area contributed by atoms with Crippen LogP contribution in [0.4, 0.5) is 8.78 Å². The fourth-order valence-corrected chi connectivity index (χ4v) is 1.49. The van der Waals surface area contributed by atoms with Crippen molar-refractivity contribution in [1.82, 2.24) is 4.98 Å². The Labute approximate surface area is 89.7 Å². The zero-order valence-corrected chi connectivity index (χ0v) is 8.46. The SMILES string of the molecule is COc1ccc2[nH]c(C(F)F)cc(=O)c2c1. The zero-order valence-electron chi connectivity index (χ0n) is 8.46. The zero-order chi connectivity index (χ0) is 11.7. The lowest BCUT2D eigenvalue weighted by molar-refractivity contribution is 0.146. The van der Waals surface area contributed by atoms with Crippen LogP contribution in [0.3, 0.4) is 0 Å². The lowest BCUT2D eigenvalue weighted by atomic mass is 10.2. The van der Waals surface area contributed by atoms with Crippen LogP contribution < -0.4 is 10.2 Å². The van der Waals surface area contributed by atoms with Crippen molar-refractivity contribution in [1.29, 1.82) is 0 Å². The molecule has 0 bridgehead atoms. The number of benzene rings is 1. The molecule has 2 aromatic rings. The first-order valence-electron chi connectivity index (χ1n) is 4.61. The number of hydrogen-bond acceptors (Lipinski definition) is 2. The number of pyridine rings is 1. The van der Waals surface area contributed by atoms with Gasteiger partial charge in [0, 0.05) is 17.0 Å². The number of nitrogens with one attached hydrogen (secondary N) is 1. The number of rotatable bonds is 2.